The van der Waals surface area contributed by atoms with Crippen molar-refractivity contribution >= 4 is 29.6 Å². The first-order valence-corrected chi connectivity index (χ1v) is 13.3. The second-order valence-electron chi connectivity index (χ2n) is 12.4. The predicted molar refractivity (Wildman–Crippen MR) is 133 cm³/mol. The van der Waals surface area contributed by atoms with Crippen molar-refractivity contribution in [3.63, 3.8) is 0 Å². The van der Waals surface area contributed by atoms with Gasteiger partial charge in [0.15, 0.2) is 0 Å². The van der Waals surface area contributed by atoms with Crippen LogP contribution in [0.3, 0.4) is 0 Å². The topological polar surface area (TPSA) is 145 Å². The van der Waals surface area contributed by atoms with Crippen molar-refractivity contribution in [1.82, 2.24) is 20.9 Å². The Balaban J connectivity index is 1.84. The fourth-order valence-electron chi connectivity index (χ4n) is 5.52. The maximum Gasteiger partial charge on any atom is 0.405 e. The molecule has 38 heavy (non-hydrogen) atoms. The highest BCUT2D eigenvalue weighted by Gasteiger charge is 2.52. The van der Waals surface area contributed by atoms with Crippen molar-refractivity contribution in [2.24, 2.45) is 10.8 Å². The van der Waals surface area contributed by atoms with Gasteiger partial charge >= 0.3 is 6.09 Å². The van der Waals surface area contributed by atoms with Crippen LogP contribution < -0.4 is 16.0 Å². The molecular weight excluding hydrogens is 502 g/mol. The molecule has 3 unspecified atom stereocenters. The van der Waals surface area contributed by atoms with E-state index in [1.165, 1.54) is 4.90 Å². The number of nitrogens with zero attached hydrogens (tertiary/aromatic N) is 1. The van der Waals surface area contributed by atoms with Gasteiger partial charge in [-0.3, -0.25) is 19.2 Å². The van der Waals surface area contributed by atoms with Gasteiger partial charge in [-0.05, 0) is 56.3 Å². The largest absolute Gasteiger partial charge is 0.465 e. The van der Waals surface area contributed by atoms with Gasteiger partial charge in [0.05, 0.1) is 6.04 Å². The Morgan fingerprint density at radius 2 is 1.63 bits per heavy atom. The summed E-state index contributed by atoms with van der Waals surface area (Å²) >= 11 is 0. The molecule has 1 aliphatic heterocycles. The van der Waals surface area contributed by atoms with Crippen LogP contribution in [0.2, 0.25) is 0 Å². The Kier molecular flexibility index (Phi) is 8.72. The van der Waals surface area contributed by atoms with Crippen LogP contribution in [0.1, 0.15) is 85.5 Å². The van der Waals surface area contributed by atoms with Gasteiger partial charge in [0.2, 0.25) is 23.5 Å². The van der Waals surface area contributed by atoms with Crippen LogP contribution in [0.25, 0.3) is 0 Å². The summed E-state index contributed by atoms with van der Waals surface area (Å²) in [5, 5.41) is 16.7. The number of carbonyl (C=O) groups is 5. The lowest BCUT2D eigenvalue weighted by Gasteiger charge is -2.35. The molecule has 0 aromatic heterocycles. The van der Waals surface area contributed by atoms with Gasteiger partial charge in [-0.2, -0.15) is 0 Å². The van der Waals surface area contributed by atoms with E-state index in [1.54, 1.807) is 20.8 Å². The van der Waals surface area contributed by atoms with Crippen molar-refractivity contribution in [3.8, 4) is 0 Å². The molecule has 214 valence electrons. The minimum Gasteiger partial charge on any atom is -0.465 e. The lowest BCUT2D eigenvalue weighted by Crippen LogP contribution is -2.59. The highest BCUT2D eigenvalue weighted by Crippen LogP contribution is 2.48. The Morgan fingerprint density at radius 3 is 2.13 bits per heavy atom. The summed E-state index contributed by atoms with van der Waals surface area (Å²) < 4.78 is 27.3. The Hall–Kier alpha value is -2.79. The Labute approximate surface area is 221 Å². The summed E-state index contributed by atoms with van der Waals surface area (Å²) in [6.45, 7) is 6.08. The molecule has 4 amide bonds. The van der Waals surface area contributed by atoms with Crippen molar-refractivity contribution in [2.45, 2.75) is 116 Å². The van der Waals surface area contributed by atoms with Crippen LogP contribution in [0.15, 0.2) is 0 Å². The zero-order valence-electron chi connectivity index (χ0n) is 22.6. The fraction of sp³-hybridized carbons (Fsp3) is 0.808. The van der Waals surface area contributed by atoms with Gasteiger partial charge in [-0.1, -0.05) is 33.6 Å². The van der Waals surface area contributed by atoms with E-state index in [9.17, 15) is 37.9 Å². The second-order valence-corrected chi connectivity index (χ2v) is 12.4. The quantitative estimate of drug-likeness (QED) is 0.312. The predicted octanol–water partition coefficient (Wildman–Crippen LogP) is 2.60. The number of carboxylic acid groups (broad SMARTS) is 1. The maximum atomic E-state index is 13.7. The van der Waals surface area contributed by atoms with Crippen LogP contribution in [-0.4, -0.2) is 76.2 Å². The van der Waals surface area contributed by atoms with E-state index in [4.69, 9.17) is 0 Å². The number of alkyl halides is 2. The van der Waals surface area contributed by atoms with E-state index in [2.05, 4.69) is 16.0 Å². The molecule has 0 aromatic rings. The summed E-state index contributed by atoms with van der Waals surface area (Å²) in [6, 6.07) is -3.76. The number of nitrogens with one attached hydrogen (secondary N) is 3. The average Bonchev–Trinajstić information content (AvgIpc) is 3.36. The smallest absolute Gasteiger partial charge is 0.405 e. The van der Waals surface area contributed by atoms with E-state index in [1.807, 2.05) is 0 Å². The number of hydrogen-bond acceptors (Lipinski definition) is 5. The number of likely N-dealkylation sites (tertiary alicyclic amines) is 1. The third-order valence-electron chi connectivity index (χ3n) is 7.78. The van der Waals surface area contributed by atoms with Crippen molar-refractivity contribution in [2.75, 3.05) is 6.54 Å². The number of Topliss-reactive ketones (excluding diaryl/α,β-unsaturated/α-hetero) is 1. The molecule has 12 heteroatoms. The van der Waals surface area contributed by atoms with Crippen molar-refractivity contribution in [1.29, 1.82) is 0 Å². The molecule has 2 saturated carbocycles. The molecule has 4 N–H and O–H groups in total. The van der Waals surface area contributed by atoms with Crippen LogP contribution in [0, 0.1) is 10.8 Å². The monoisotopic (exact) mass is 542 g/mol. The summed E-state index contributed by atoms with van der Waals surface area (Å²) in [4.78, 5) is 65.4. The van der Waals surface area contributed by atoms with Gasteiger partial charge < -0.3 is 26.0 Å². The number of ketones is 1. The Bertz CT molecular complexity index is 950. The molecule has 0 aromatic carbocycles. The number of hydrogen-bond donors (Lipinski definition) is 4. The summed E-state index contributed by atoms with van der Waals surface area (Å²) in [5.74, 6) is -6.30. The van der Waals surface area contributed by atoms with Crippen LogP contribution in [-0.2, 0) is 19.2 Å². The lowest BCUT2D eigenvalue weighted by atomic mass is 9.83. The SMILES string of the molecule is CC(F)(F)CCC(NC(=O)C1CC2(CCCC2)CN1C(=O)C(NC(=O)O)C(C)(C)C)C(=O)C(=O)NC1CC1. The second kappa shape index (κ2) is 11.1. The molecule has 0 radical (unpaired) electrons. The zero-order valence-corrected chi connectivity index (χ0v) is 22.6. The van der Waals surface area contributed by atoms with E-state index in [0.717, 1.165) is 38.5 Å². The normalized spacial score (nSPS) is 22.6. The van der Waals surface area contributed by atoms with Crippen LogP contribution >= 0.6 is 0 Å². The van der Waals surface area contributed by atoms with Gasteiger partial charge in [0.25, 0.3) is 5.91 Å². The number of amides is 4. The summed E-state index contributed by atoms with van der Waals surface area (Å²) in [7, 11) is 0. The van der Waals surface area contributed by atoms with Gasteiger partial charge in [-0.25, -0.2) is 13.6 Å². The lowest BCUT2D eigenvalue weighted by molar-refractivity contribution is -0.144. The third-order valence-corrected chi connectivity index (χ3v) is 7.78. The first-order chi connectivity index (χ1) is 17.5. The fourth-order valence-corrected chi connectivity index (χ4v) is 5.52. The average molecular weight is 543 g/mol. The van der Waals surface area contributed by atoms with E-state index in [0.29, 0.717) is 13.3 Å². The molecule has 3 rings (SSSR count). The molecule has 3 atom stereocenters. The first-order valence-electron chi connectivity index (χ1n) is 13.3. The van der Waals surface area contributed by atoms with E-state index >= 15 is 0 Å². The Morgan fingerprint density at radius 1 is 1.03 bits per heavy atom. The number of rotatable bonds is 10. The molecule has 0 bridgehead atoms. The van der Waals surface area contributed by atoms with E-state index in [-0.39, 0.29) is 18.0 Å². The third kappa shape index (κ3) is 7.63. The molecule has 1 heterocycles. The number of carbonyl (C=O) groups excluding carboxylic acids is 4. The molecule has 10 nitrogen and oxygen atoms in total. The maximum absolute atomic E-state index is 13.7. The van der Waals surface area contributed by atoms with Gasteiger partial charge in [0, 0.05) is 19.0 Å². The molecule has 3 aliphatic rings. The van der Waals surface area contributed by atoms with Gasteiger partial charge in [0.1, 0.15) is 12.1 Å². The van der Waals surface area contributed by atoms with E-state index < -0.39 is 71.9 Å². The minimum atomic E-state index is -3.11. The van der Waals surface area contributed by atoms with Crippen LogP contribution in [0.5, 0.6) is 0 Å². The standard InChI is InChI=1S/C26H40F2N4O6/c1-24(2,3)19(31-23(37)38)22(36)32-14-26(10-5-6-11-26)13-17(32)20(34)30-16(9-12-25(4,27)28)18(33)21(35)29-15-7-8-15/h15-17,19,31H,5-14H2,1-4H3,(H,29,35)(H,30,34)(H,37,38). The van der Waals surface area contributed by atoms with Crippen LogP contribution in [0.4, 0.5) is 13.6 Å². The molecule has 3 fully saturated rings. The molecular formula is C26H40F2N4O6. The van der Waals surface area contributed by atoms with Gasteiger partial charge in [-0.15, -0.1) is 0 Å². The molecule has 2 aliphatic carbocycles. The molecule has 1 saturated heterocycles. The zero-order chi connectivity index (χ0) is 28.5. The minimum absolute atomic E-state index is 0.128. The number of halogens is 2. The summed E-state index contributed by atoms with van der Waals surface area (Å²) in [6.07, 6.45) is 2.68. The first kappa shape index (κ1) is 29.8. The van der Waals surface area contributed by atoms with Crippen molar-refractivity contribution < 1.29 is 37.9 Å². The summed E-state index contributed by atoms with van der Waals surface area (Å²) in [5.41, 5.74) is -1.11. The van der Waals surface area contributed by atoms with Crippen molar-refractivity contribution in [3.05, 3.63) is 0 Å². The molecule has 1 spiro atoms. The highest BCUT2D eigenvalue weighted by atomic mass is 19.3. The highest BCUT2D eigenvalue weighted by molar-refractivity contribution is 6.38.